The van der Waals surface area contributed by atoms with E-state index in [9.17, 15) is 18.0 Å². The minimum Gasteiger partial charge on any atom is -0.495 e. The number of carbonyl (C=O) groups is 2. The topological polar surface area (TPSA) is 111 Å². The van der Waals surface area contributed by atoms with Crippen LogP contribution in [-0.4, -0.2) is 70.4 Å². The molecule has 0 radical (unpaired) electrons. The normalized spacial score (nSPS) is 14.5. The number of benzene rings is 2. The number of morpholine rings is 1. The van der Waals surface area contributed by atoms with Crippen LogP contribution in [0.4, 0.5) is 5.69 Å². The number of methoxy groups -OCH3 is 1. The minimum absolute atomic E-state index is 0.0559. The van der Waals surface area contributed by atoms with E-state index in [1.165, 1.54) is 41.4 Å². The van der Waals surface area contributed by atoms with Gasteiger partial charge in [0.15, 0.2) is 6.61 Å². The smallest absolute Gasteiger partial charge is 0.307 e. The molecule has 0 atom stereocenters. The number of anilines is 1. The predicted octanol–water partition coefficient (Wildman–Crippen LogP) is 2.38. The fraction of sp³-hybridized carbons (Fsp3) is 0.364. The van der Waals surface area contributed by atoms with Gasteiger partial charge < -0.3 is 19.5 Å². The molecular formula is C22H26N2O7S2. The Balaban J connectivity index is 1.54. The first kappa shape index (κ1) is 25.0. The van der Waals surface area contributed by atoms with Gasteiger partial charge in [0.1, 0.15) is 10.6 Å². The first-order valence-corrected chi connectivity index (χ1v) is 12.7. The summed E-state index contributed by atoms with van der Waals surface area (Å²) in [5.74, 6) is -0.356. The number of carbonyl (C=O) groups excluding carboxylic acids is 2. The molecule has 1 fully saturated rings. The Morgan fingerprint density at radius 1 is 1.12 bits per heavy atom. The highest BCUT2D eigenvalue weighted by Gasteiger charge is 2.29. The SMILES string of the molecule is COc1ccc(NC(=O)COC(=O)CCSc2ccccc2)cc1S(=O)(=O)N1CCOCC1. The van der Waals surface area contributed by atoms with E-state index in [-0.39, 0.29) is 35.8 Å². The van der Waals surface area contributed by atoms with E-state index in [1.54, 1.807) is 0 Å². The van der Waals surface area contributed by atoms with Crippen molar-refractivity contribution in [1.82, 2.24) is 4.31 Å². The Bertz CT molecular complexity index is 1060. The van der Waals surface area contributed by atoms with Crippen LogP contribution in [-0.2, 0) is 29.1 Å². The third kappa shape index (κ3) is 7.19. The standard InChI is InChI=1S/C22H26N2O7S2/c1-29-19-8-7-17(15-20(19)33(27,28)24-10-12-30-13-11-24)23-21(25)16-31-22(26)9-14-32-18-5-3-2-4-6-18/h2-8,15H,9-14,16H2,1H3,(H,23,25). The van der Waals surface area contributed by atoms with Crippen molar-refractivity contribution in [2.24, 2.45) is 0 Å². The van der Waals surface area contributed by atoms with Crippen molar-refractivity contribution in [2.45, 2.75) is 16.2 Å². The lowest BCUT2D eigenvalue weighted by Crippen LogP contribution is -2.40. The number of nitrogens with one attached hydrogen (secondary N) is 1. The summed E-state index contributed by atoms with van der Waals surface area (Å²) in [6.07, 6.45) is 0.164. The largest absolute Gasteiger partial charge is 0.495 e. The average molecular weight is 495 g/mol. The molecule has 9 nitrogen and oxygen atoms in total. The second-order valence-corrected chi connectivity index (χ2v) is 10.1. The fourth-order valence-corrected chi connectivity index (χ4v) is 5.51. The number of rotatable bonds is 10. The molecule has 2 aromatic rings. The van der Waals surface area contributed by atoms with Gasteiger partial charge in [0, 0.05) is 29.4 Å². The Kier molecular flexibility index (Phi) is 9.12. The Hall–Kier alpha value is -2.60. The summed E-state index contributed by atoms with van der Waals surface area (Å²) in [5, 5.41) is 2.56. The van der Waals surface area contributed by atoms with Gasteiger partial charge in [-0.1, -0.05) is 18.2 Å². The molecule has 33 heavy (non-hydrogen) atoms. The van der Waals surface area contributed by atoms with Crippen LogP contribution >= 0.6 is 11.8 Å². The molecule has 1 heterocycles. The second kappa shape index (κ2) is 12.0. The quantitative estimate of drug-likeness (QED) is 0.396. The molecule has 0 aliphatic carbocycles. The number of nitrogens with zero attached hydrogens (tertiary/aromatic N) is 1. The van der Waals surface area contributed by atoms with Gasteiger partial charge in [-0.2, -0.15) is 4.31 Å². The summed E-state index contributed by atoms with van der Waals surface area (Å²) in [6.45, 7) is 0.633. The number of hydrogen-bond acceptors (Lipinski definition) is 8. The number of esters is 1. The second-order valence-electron chi connectivity index (χ2n) is 7.00. The van der Waals surface area contributed by atoms with E-state index >= 15 is 0 Å². The highest BCUT2D eigenvalue weighted by molar-refractivity contribution is 7.99. The highest BCUT2D eigenvalue weighted by atomic mass is 32.2. The predicted molar refractivity (Wildman–Crippen MR) is 124 cm³/mol. The van der Waals surface area contributed by atoms with Crippen LogP contribution in [0.2, 0.25) is 0 Å². The van der Waals surface area contributed by atoms with Crippen molar-refractivity contribution < 1.29 is 32.2 Å². The van der Waals surface area contributed by atoms with E-state index in [0.29, 0.717) is 19.0 Å². The third-order valence-corrected chi connectivity index (χ3v) is 7.65. The summed E-state index contributed by atoms with van der Waals surface area (Å²) >= 11 is 1.52. The molecule has 0 unspecified atom stereocenters. The minimum atomic E-state index is -3.83. The summed E-state index contributed by atoms with van der Waals surface area (Å²) in [4.78, 5) is 25.1. The lowest BCUT2D eigenvalue weighted by atomic mass is 10.3. The number of ether oxygens (including phenoxy) is 3. The van der Waals surface area contributed by atoms with Gasteiger partial charge in [-0.3, -0.25) is 9.59 Å². The van der Waals surface area contributed by atoms with E-state index in [4.69, 9.17) is 14.2 Å². The molecule has 178 valence electrons. The van der Waals surface area contributed by atoms with Crippen LogP contribution < -0.4 is 10.1 Å². The molecule has 11 heteroatoms. The number of sulfonamides is 1. The van der Waals surface area contributed by atoms with Crippen molar-refractivity contribution in [3.8, 4) is 5.75 Å². The number of hydrogen-bond donors (Lipinski definition) is 1. The fourth-order valence-electron chi connectivity index (χ4n) is 3.07. The molecule has 0 aromatic heterocycles. The zero-order valence-electron chi connectivity index (χ0n) is 18.2. The number of amides is 1. The van der Waals surface area contributed by atoms with Gasteiger partial charge in [-0.05, 0) is 30.3 Å². The highest BCUT2D eigenvalue weighted by Crippen LogP contribution is 2.30. The molecule has 3 rings (SSSR count). The van der Waals surface area contributed by atoms with Crippen LogP contribution in [0.1, 0.15) is 6.42 Å². The number of thioether (sulfide) groups is 1. The lowest BCUT2D eigenvalue weighted by Gasteiger charge is -2.26. The van der Waals surface area contributed by atoms with Gasteiger partial charge in [0.2, 0.25) is 10.0 Å². The van der Waals surface area contributed by atoms with Gasteiger partial charge >= 0.3 is 5.97 Å². The maximum absolute atomic E-state index is 13.0. The van der Waals surface area contributed by atoms with Crippen molar-refractivity contribution >= 4 is 39.3 Å². The van der Waals surface area contributed by atoms with Crippen molar-refractivity contribution in [1.29, 1.82) is 0 Å². The van der Waals surface area contributed by atoms with Crippen LogP contribution in [0, 0.1) is 0 Å². The maximum atomic E-state index is 13.0. The van der Waals surface area contributed by atoms with Crippen molar-refractivity contribution in [3.63, 3.8) is 0 Å². The van der Waals surface area contributed by atoms with Crippen LogP contribution in [0.25, 0.3) is 0 Å². The molecule has 0 saturated carbocycles. The molecular weight excluding hydrogens is 468 g/mol. The van der Waals surface area contributed by atoms with Crippen LogP contribution in [0.15, 0.2) is 58.3 Å². The molecule has 0 bridgehead atoms. The molecule has 1 amide bonds. The van der Waals surface area contributed by atoms with Gasteiger partial charge in [-0.15, -0.1) is 11.8 Å². The van der Waals surface area contributed by atoms with Crippen LogP contribution in [0.3, 0.4) is 0 Å². The van der Waals surface area contributed by atoms with Gasteiger partial charge in [0.25, 0.3) is 5.91 Å². The Morgan fingerprint density at radius 2 is 1.85 bits per heavy atom. The Labute approximate surface area is 197 Å². The molecule has 1 N–H and O–H groups in total. The van der Waals surface area contributed by atoms with Crippen LogP contribution in [0.5, 0.6) is 5.75 Å². The first-order valence-electron chi connectivity index (χ1n) is 10.3. The summed E-state index contributed by atoms with van der Waals surface area (Å²) in [7, 11) is -2.46. The molecule has 1 saturated heterocycles. The monoisotopic (exact) mass is 494 g/mol. The van der Waals surface area contributed by atoms with E-state index in [1.807, 2.05) is 30.3 Å². The van der Waals surface area contributed by atoms with Crippen molar-refractivity contribution in [3.05, 3.63) is 48.5 Å². The third-order valence-electron chi connectivity index (χ3n) is 4.72. The lowest BCUT2D eigenvalue weighted by molar-refractivity contribution is -0.146. The molecule has 0 spiro atoms. The molecule has 1 aliphatic rings. The molecule has 1 aliphatic heterocycles. The zero-order chi connectivity index (χ0) is 23.7. The average Bonchev–Trinajstić information content (AvgIpc) is 2.84. The summed E-state index contributed by atoms with van der Waals surface area (Å²) < 4.78 is 42.8. The van der Waals surface area contributed by atoms with Crippen molar-refractivity contribution in [2.75, 3.05) is 51.1 Å². The zero-order valence-corrected chi connectivity index (χ0v) is 19.8. The summed E-state index contributed by atoms with van der Waals surface area (Å²) in [6, 6.07) is 14.0. The Morgan fingerprint density at radius 3 is 2.55 bits per heavy atom. The molecule has 2 aromatic carbocycles. The first-order chi connectivity index (χ1) is 15.9. The summed E-state index contributed by atoms with van der Waals surface area (Å²) in [5.41, 5.74) is 0.253. The van der Waals surface area contributed by atoms with E-state index in [0.717, 1.165) is 4.90 Å². The maximum Gasteiger partial charge on any atom is 0.307 e. The van der Waals surface area contributed by atoms with Gasteiger partial charge in [-0.25, -0.2) is 8.42 Å². The van der Waals surface area contributed by atoms with E-state index in [2.05, 4.69) is 5.32 Å². The van der Waals surface area contributed by atoms with Gasteiger partial charge in [0.05, 0.1) is 26.7 Å². The van der Waals surface area contributed by atoms with E-state index < -0.39 is 28.5 Å².